The molecule has 0 unspecified atom stereocenters. The zero-order valence-corrected chi connectivity index (χ0v) is 19.4. The van der Waals surface area contributed by atoms with Crippen molar-refractivity contribution in [2.24, 2.45) is 11.5 Å². The van der Waals surface area contributed by atoms with E-state index in [1.54, 1.807) is 12.1 Å². The van der Waals surface area contributed by atoms with Crippen LogP contribution in [0.5, 0.6) is 0 Å². The van der Waals surface area contributed by atoms with E-state index in [0.29, 0.717) is 30.8 Å². The number of fused-ring (bicyclic) bond motifs is 1. The molecule has 0 radical (unpaired) electrons. The van der Waals surface area contributed by atoms with Gasteiger partial charge in [-0.05, 0) is 50.7 Å². The van der Waals surface area contributed by atoms with Gasteiger partial charge in [0.25, 0.3) is 5.56 Å². The monoisotopic (exact) mass is 501 g/mol. The summed E-state index contributed by atoms with van der Waals surface area (Å²) >= 11 is 0. The number of hydrogen-bond donors (Lipinski definition) is 4. The number of oxazole rings is 1. The van der Waals surface area contributed by atoms with E-state index in [1.165, 1.54) is 12.3 Å². The van der Waals surface area contributed by atoms with Crippen molar-refractivity contribution in [3.63, 3.8) is 0 Å². The number of aromatic nitrogens is 3. The Kier molecular flexibility index (Phi) is 7.98. The summed E-state index contributed by atoms with van der Waals surface area (Å²) in [5, 5.41) is 2.64. The largest absolute Gasteiger partial charge is 0.423 e. The van der Waals surface area contributed by atoms with Crippen molar-refractivity contribution in [2.75, 3.05) is 31.5 Å². The summed E-state index contributed by atoms with van der Waals surface area (Å²) in [5.41, 5.74) is 11.8. The van der Waals surface area contributed by atoms with Crippen LogP contribution in [0.25, 0.3) is 22.2 Å². The number of nitrogens with zero attached hydrogens (tertiary/aromatic N) is 3. The van der Waals surface area contributed by atoms with Gasteiger partial charge in [0.15, 0.2) is 17.2 Å². The maximum Gasteiger partial charge on any atom is 0.302 e. The van der Waals surface area contributed by atoms with Crippen LogP contribution >= 0.6 is 0 Å². The Labute approximate surface area is 204 Å². The van der Waals surface area contributed by atoms with E-state index in [0.717, 1.165) is 38.1 Å². The first kappa shape index (κ1) is 25.4. The molecule has 2 aromatic heterocycles. The van der Waals surface area contributed by atoms with Crippen LogP contribution in [0.4, 0.5) is 25.1 Å². The highest BCUT2D eigenvalue weighted by molar-refractivity contribution is 5.75. The van der Waals surface area contributed by atoms with Gasteiger partial charge < -0.3 is 15.9 Å². The molecule has 2 aromatic carbocycles. The van der Waals surface area contributed by atoms with Crippen molar-refractivity contribution in [3.8, 4) is 11.1 Å². The van der Waals surface area contributed by atoms with E-state index in [2.05, 4.69) is 25.2 Å². The molecule has 12 heteroatoms. The Morgan fingerprint density at radius 1 is 1.00 bits per heavy atom. The normalized spacial score (nSPS) is 11.5. The fourth-order valence-electron chi connectivity index (χ4n) is 3.73. The summed E-state index contributed by atoms with van der Waals surface area (Å²) in [5.74, 6) is -2.58. The van der Waals surface area contributed by atoms with Crippen LogP contribution in [0.3, 0.4) is 0 Å². The second-order valence-corrected chi connectivity index (χ2v) is 8.22. The first-order valence-corrected chi connectivity index (χ1v) is 11.4. The smallest absolute Gasteiger partial charge is 0.302 e. The van der Waals surface area contributed by atoms with Crippen LogP contribution in [0.2, 0.25) is 0 Å². The number of benzene rings is 2. The quantitative estimate of drug-likeness (QED) is 0.246. The number of anilines is 2. The highest BCUT2D eigenvalue weighted by Gasteiger charge is 2.14. The van der Waals surface area contributed by atoms with Crippen LogP contribution < -0.4 is 22.3 Å². The number of nitrogens with one attached hydrogen (secondary N) is 2. The van der Waals surface area contributed by atoms with Crippen LogP contribution in [0.15, 0.2) is 45.7 Å². The summed E-state index contributed by atoms with van der Waals surface area (Å²) in [6, 6.07) is 6.25. The zero-order valence-electron chi connectivity index (χ0n) is 19.4. The number of nitrogens with two attached hydrogens (primary N) is 2. The van der Waals surface area contributed by atoms with Gasteiger partial charge in [0, 0.05) is 30.4 Å². The van der Waals surface area contributed by atoms with Crippen molar-refractivity contribution in [2.45, 2.75) is 19.4 Å². The molecule has 4 aromatic rings. The molecule has 0 aliphatic carbocycles. The third-order valence-electron chi connectivity index (χ3n) is 5.57. The number of rotatable bonds is 11. The third-order valence-corrected chi connectivity index (χ3v) is 5.57. The molecule has 9 nitrogen and oxygen atoms in total. The average Bonchev–Trinajstić information content (AvgIpc) is 3.22. The average molecular weight is 502 g/mol. The van der Waals surface area contributed by atoms with Gasteiger partial charge in [-0.2, -0.15) is 4.98 Å². The Hall–Kier alpha value is -3.74. The number of halogens is 3. The highest BCUT2D eigenvalue weighted by atomic mass is 19.2. The second kappa shape index (κ2) is 11.3. The van der Waals surface area contributed by atoms with Crippen LogP contribution in [-0.4, -0.2) is 46.0 Å². The maximum atomic E-state index is 14.9. The van der Waals surface area contributed by atoms with E-state index in [1.807, 2.05) is 0 Å². The summed E-state index contributed by atoms with van der Waals surface area (Å²) in [6.07, 6.45) is 2.87. The number of aromatic amines is 1. The van der Waals surface area contributed by atoms with Gasteiger partial charge in [-0.1, -0.05) is 12.1 Å². The predicted octanol–water partition coefficient (Wildman–Crippen LogP) is 3.24. The second-order valence-electron chi connectivity index (χ2n) is 8.22. The van der Waals surface area contributed by atoms with Crippen LogP contribution in [0, 0.1) is 17.5 Å². The molecule has 0 atom stereocenters. The predicted molar refractivity (Wildman–Crippen MR) is 130 cm³/mol. The van der Waals surface area contributed by atoms with Crippen molar-refractivity contribution >= 4 is 23.1 Å². The molecular weight excluding hydrogens is 475 g/mol. The minimum atomic E-state index is -1.07. The Morgan fingerprint density at radius 2 is 1.72 bits per heavy atom. The SMILES string of the molecule is NCCCN(CCCN)Cc1ccc(-c2cnc(Nc3nc4cc(F)c(F)cc4o3)[nH]c2=O)cc1F. The van der Waals surface area contributed by atoms with Gasteiger partial charge in [-0.15, -0.1) is 0 Å². The van der Waals surface area contributed by atoms with E-state index in [4.69, 9.17) is 15.9 Å². The zero-order chi connectivity index (χ0) is 25.7. The third kappa shape index (κ3) is 5.90. The van der Waals surface area contributed by atoms with Crippen molar-refractivity contribution in [1.82, 2.24) is 19.9 Å². The van der Waals surface area contributed by atoms with E-state index >= 15 is 0 Å². The lowest BCUT2D eigenvalue weighted by Gasteiger charge is -2.22. The molecule has 0 spiro atoms. The topological polar surface area (TPSA) is 139 Å². The molecule has 2 heterocycles. The summed E-state index contributed by atoms with van der Waals surface area (Å²) in [4.78, 5) is 25.4. The van der Waals surface area contributed by atoms with Crippen LogP contribution in [-0.2, 0) is 6.54 Å². The number of hydrogen-bond acceptors (Lipinski definition) is 8. The Balaban J connectivity index is 1.50. The van der Waals surface area contributed by atoms with E-state index < -0.39 is 23.0 Å². The van der Waals surface area contributed by atoms with E-state index in [9.17, 15) is 18.0 Å². The maximum absolute atomic E-state index is 14.9. The van der Waals surface area contributed by atoms with Crippen molar-refractivity contribution < 1.29 is 17.6 Å². The molecule has 4 rings (SSSR count). The molecule has 0 saturated carbocycles. The lowest BCUT2D eigenvalue weighted by molar-refractivity contribution is 0.258. The fraction of sp³-hybridized carbons (Fsp3) is 0.292. The molecule has 6 N–H and O–H groups in total. The standard InChI is InChI=1S/C24H26F3N7O2/c25-17-9-14(3-4-15(17)13-34(7-1-5-28)8-2-6-29)16-12-30-23(32-22(16)35)33-24-31-20-10-18(26)19(27)11-21(20)36-24/h3-4,9-12H,1-2,5-8,13,28-29H2,(H2,30,31,32,33,35). The molecule has 0 saturated heterocycles. The van der Waals surface area contributed by atoms with E-state index in [-0.39, 0.29) is 28.6 Å². The Morgan fingerprint density at radius 3 is 2.39 bits per heavy atom. The van der Waals surface area contributed by atoms with Gasteiger partial charge in [-0.3, -0.25) is 20.0 Å². The minimum absolute atomic E-state index is 0.0104. The summed E-state index contributed by atoms with van der Waals surface area (Å²) in [6.45, 7) is 2.97. The minimum Gasteiger partial charge on any atom is -0.423 e. The first-order chi connectivity index (χ1) is 17.4. The highest BCUT2D eigenvalue weighted by Crippen LogP contribution is 2.24. The fourth-order valence-corrected chi connectivity index (χ4v) is 3.73. The molecule has 190 valence electrons. The molecule has 0 amide bonds. The number of H-pyrrole nitrogens is 1. The van der Waals surface area contributed by atoms with Gasteiger partial charge in [-0.25, -0.2) is 18.2 Å². The summed E-state index contributed by atoms with van der Waals surface area (Å²) < 4.78 is 47.0. The van der Waals surface area contributed by atoms with Crippen molar-refractivity contribution in [1.29, 1.82) is 0 Å². The summed E-state index contributed by atoms with van der Waals surface area (Å²) in [7, 11) is 0. The molecule has 0 fully saturated rings. The van der Waals surface area contributed by atoms with Gasteiger partial charge in [0.2, 0.25) is 5.95 Å². The lowest BCUT2D eigenvalue weighted by atomic mass is 10.1. The molecular formula is C24H26F3N7O2. The molecule has 36 heavy (non-hydrogen) atoms. The van der Waals surface area contributed by atoms with Gasteiger partial charge in [0.1, 0.15) is 11.3 Å². The molecule has 0 bridgehead atoms. The van der Waals surface area contributed by atoms with Gasteiger partial charge >= 0.3 is 6.01 Å². The lowest BCUT2D eigenvalue weighted by Crippen LogP contribution is -2.28. The van der Waals surface area contributed by atoms with Crippen molar-refractivity contribution in [3.05, 3.63) is 69.9 Å². The molecule has 0 aliphatic heterocycles. The molecule has 0 aliphatic rings. The van der Waals surface area contributed by atoms with Crippen LogP contribution in [0.1, 0.15) is 18.4 Å². The first-order valence-electron chi connectivity index (χ1n) is 11.4. The van der Waals surface area contributed by atoms with Gasteiger partial charge in [0.05, 0.1) is 5.56 Å². The Bertz CT molecular complexity index is 1360.